The van der Waals surface area contributed by atoms with Crippen molar-refractivity contribution in [2.75, 3.05) is 0 Å². The van der Waals surface area contributed by atoms with Crippen LogP contribution in [-0.4, -0.2) is 5.78 Å². The maximum Gasteiger partial charge on any atom is 0.196 e. The number of ketones is 1. The second-order valence-corrected chi connectivity index (χ2v) is 4.97. The molecule has 2 heteroatoms. The third-order valence-corrected chi connectivity index (χ3v) is 3.60. The van der Waals surface area contributed by atoms with E-state index in [0.29, 0.717) is 5.56 Å². The summed E-state index contributed by atoms with van der Waals surface area (Å²) in [5.41, 5.74) is 4.16. The molecular formula is C16H16O2. The van der Waals surface area contributed by atoms with E-state index < -0.39 is 0 Å². The predicted molar refractivity (Wildman–Crippen MR) is 70.0 cm³/mol. The van der Waals surface area contributed by atoms with Crippen LogP contribution in [-0.2, 0) is 12.8 Å². The molecule has 0 saturated heterocycles. The van der Waals surface area contributed by atoms with E-state index in [4.69, 9.17) is 4.42 Å². The minimum Gasteiger partial charge on any atom is -0.469 e. The van der Waals surface area contributed by atoms with Crippen molar-refractivity contribution in [3.8, 4) is 0 Å². The monoisotopic (exact) mass is 240 g/mol. The Morgan fingerprint density at radius 3 is 2.56 bits per heavy atom. The zero-order valence-electron chi connectivity index (χ0n) is 10.5. The molecule has 1 aromatic heterocycles. The summed E-state index contributed by atoms with van der Waals surface area (Å²) in [6, 6.07) is 7.89. The van der Waals surface area contributed by atoms with Crippen LogP contribution in [0.4, 0.5) is 0 Å². The fraction of sp³-hybridized carbons (Fsp3) is 0.312. The average Bonchev–Trinajstić information content (AvgIpc) is 2.84. The van der Waals surface area contributed by atoms with E-state index in [0.717, 1.165) is 24.2 Å². The average molecular weight is 240 g/mol. The van der Waals surface area contributed by atoms with Gasteiger partial charge in [-0.2, -0.15) is 0 Å². The number of hydrogen-bond donors (Lipinski definition) is 0. The van der Waals surface area contributed by atoms with Crippen LogP contribution in [0.3, 0.4) is 0 Å². The van der Waals surface area contributed by atoms with Gasteiger partial charge < -0.3 is 4.42 Å². The molecule has 2 nitrogen and oxygen atoms in total. The molecule has 0 radical (unpaired) electrons. The molecule has 0 saturated carbocycles. The largest absolute Gasteiger partial charge is 0.469 e. The Balaban J connectivity index is 1.95. The lowest BCUT2D eigenvalue weighted by Gasteiger charge is -2.16. The number of rotatable bonds is 2. The Labute approximate surface area is 107 Å². The molecule has 0 fully saturated rings. The standard InChI is InChI=1S/C16H16O2/c1-11-8-15(10-18-11)16(17)14-7-6-12-4-2-3-5-13(12)9-14/h6-10H,2-5H2,1H3. The van der Waals surface area contributed by atoms with E-state index in [1.165, 1.54) is 30.2 Å². The highest BCUT2D eigenvalue weighted by molar-refractivity contribution is 6.09. The smallest absolute Gasteiger partial charge is 0.196 e. The van der Waals surface area contributed by atoms with E-state index in [9.17, 15) is 4.79 Å². The van der Waals surface area contributed by atoms with Gasteiger partial charge in [0, 0.05) is 5.56 Å². The highest BCUT2D eigenvalue weighted by atomic mass is 16.3. The van der Waals surface area contributed by atoms with Gasteiger partial charge in [-0.15, -0.1) is 0 Å². The van der Waals surface area contributed by atoms with Crippen LogP contribution in [0.2, 0.25) is 0 Å². The number of fused-ring (bicyclic) bond motifs is 1. The summed E-state index contributed by atoms with van der Waals surface area (Å²) in [6.45, 7) is 1.85. The number of furan rings is 1. The molecule has 0 bridgehead atoms. The molecule has 0 spiro atoms. The number of aryl methyl sites for hydroxylation is 3. The van der Waals surface area contributed by atoms with E-state index in [2.05, 4.69) is 12.1 Å². The van der Waals surface area contributed by atoms with Crippen molar-refractivity contribution in [2.24, 2.45) is 0 Å². The van der Waals surface area contributed by atoms with E-state index >= 15 is 0 Å². The maximum atomic E-state index is 12.3. The third kappa shape index (κ3) is 1.99. The topological polar surface area (TPSA) is 30.2 Å². The lowest BCUT2D eigenvalue weighted by Crippen LogP contribution is -2.06. The van der Waals surface area contributed by atoms with Gasteiger partial charge in [0.25, 0.3) is 0 Å². The third-order valence-electron chi connectivity index (χ3n) is 3.60. The second kappa shape index (κ2) is 4.45. The lowest BCUT2D eigenvalue weighted by molar-refractivity contribution is 0.103. The highest BCUT2D eigenvalue weighted by Crippen LogP contribution is 2.23. The molecule has 1 aliphatic rings. The normalized spacial score (nSPS) is 14.3. The van der Waals surface area contributed by atoms with Crippen molar-refractivity contribution < 1.29 is 9.21 Å². The Morgan fingerprint density at radius 2 is 1.83 bits per heavy atom. The summed E-state index contributed by atoms with van der Waals surface area (Å²) in [6.07, 6.45) is 6.28. The van der Waals surface area contributed by atoms with Crippen LogP contribution in [0.15, 0.2) is 34.9 Å². The quantitative estimate of drug-likeness (QED) is 0.749. The zero-order chi connectivity index (χ0) is 12.5. The van der Waals surface area contributed by atoms with Gasteiger partial charge in [0.2, 0.25) is 0 Å². The molecule has 3 rings (SSSR count). The fourth-order valence-electron chi connectivity index (χ4n) is 2.60. The molecule has 1 aliphatic carbocycles. The number of carbonyl (C=O) groups excluding carboxylic acids is 1. The molecule has 0 atom stereocenters. The molecule has 18 heavy (non-hydrogen) atoms. The van der Waals surface area contributed by atoms with Gasteiger partial charge in [0.05, 0.1) is 5.56 Å². The first kappa shape index (κ1) is 11.3. The van der Waals surface area contributed by atoms with Gasteiger partial charge in [-0.1, -0.05) is 12.1 Å². The molecule has 0 N–H and O–H groups in total. The highest BCUT2D eigenvalue weighted by Gasteiger charge is 2.15. The van der Waals surface area contributed by atoms with Gasteiger partial charge >= 0.3 is 0 Å². The summed E-state index contributed by atoms with van der Waals surface area (Å²) >= 11 is 0. The van der Waals surface area contributed by atoms with Crippen LogP contribution in [0.25, 0.3) is 0 Å². The molecular weight excluding hydrogens is 224 g/mol. The van der Waals surface area contributed by atoms with Gasteiger partial charge in [-0.25, -0.2) is 0 Å². The van der Waals surface area contributed by atoms with Gasteiger partial charge in [-0.3, -0.25) is 4.79 Å². The summed E-state index contributed by atoms with van der Waals surface area (Å²) < 4.78 is 5.20. The van der Waals surface area contributed by atoms with Crippen molar-refractivity contribution in [2.45, 2.75) is 32.6 Å². The molecule has 1 heterocycles. The Kier molecular flexibility index (Phi) is 2.78. The zero-order valence-corrected chi connectivity index (χ0v) is 10.5. The van der Waals surface area contributed by atoms with Crippen molar-refractivity contribution in [1.29, 1.82) is 0 Å². The van der Waals surface area contributed by atoms with Crippen LogP contribution in [0, 0.1) is 6.92 Å². The van der Waals surface area contributed by atoms with Crippen molar-refractivity contribution in [3.63, 3.8) is 0 Å². The number of hydrogen-bond acceptors (Lipinski definition) is 2. The van der Waals surface area contributed by atoms with Crippen LogP contribution in [0.1, 0.15) is 45.7 Å². The van der Waals surface area contributed by atoms with Crippen molar-refractivity contribution >= 4 is 5.78 Å². The van der Waals surface area contributed by atoms with Crippen molar-refractivity contribution in [1.82, 2.24) is 0 Å². The lowest BCUT2D eigenvalue weighted by atomic mass is 9.89. The minimum atomic E-state index is 0.0558. The maximum absolute atomic E-state index is 12.3. The SMILES string of the molecule is Cc1cc(C(=O)c2ccc3c(c2)CCCC3)co1. The Hall–Kier alpha value is -1.83. The Morgan fingerprint density at radius 1 is 1.06 bits per heavy atom. The number of benzene rings is 1. The second-order valence-electron chi connectivity index (χ2n) is 4.97. The molecule has 92 valence electrons. The van der Waals surface area contributed by atoms with E-state index in [1.54, 1.807) is 6.07 Å². The van der Waals surface area contributed by atoms with Crippen LogP contribution < -0.4 is 0 Å². The van der Waals surface area contributed by atoms with Crippen molar-refractivity contribution in [3.05, 3.63) is 58.5 Å². The number of carbonyl (C=O) groups is 1. The van der Waals surface area contributed by atoms with Gasteiger partial charge in [-0.05, 0) is 55.9 Å². The minimum absolute atomic E-state index is 0.0558. The summed E-state index contributed by atoms with van der Waals surface area (Å²) in [4.78, 5) is 12.3. The van der Waals surface area contributed by atoms with Gasteiger partial charge in [0.15, 0.2) is 5.78 Å². The molecule has 0 aliphatic heterocycles. The molecule has 0 unspecified atom stereocenters. The molecule has 0 amide bonds. The predicted octanol–water partition coefficient (Wildman–Crippen LogP) is 3.70. The summed E-state index contributed by atoms with van der Waals surface area (Å²) in [5.74, 6) is 0.830. The molecule has 2 aromatic rings. The summed E-state index contributed by atoms with van der Waals surface area (Å²) in [5, 5.41) is 0. The first-order chi connectivity index (χ1) is 8.74. The molecule has 1 aromatic carbocycles. The van der Waals surface area contributed by atoms with E-state index in [-0.39, 0.29) is 5.78 Å². The Bertz CT molecular complexity index is 593. The van der Waals surface area contributed by atoms with E-state index in [1.807, 2.05) is 13.0 Å². The van der Waals surface area contributed by atoms with Gasteiger partial charge in [0.1, 0.15) is 12.0 Å². The first-order valence-corrected chi connectivity index (χ1v) is 6.46. The van der Waals surface area contributed by atoms with Crippen LogP contribution in [0.5, 0.6) is 0 Å². The first-order valence-electron chi connectivity index (χ1n) is 6.46. The fourth-order valence-corrected chi connectivity index (χ4v) is 2.60. The van der Waals surface area contributed by atoms with Crippen LogP contribution >= 0.6 is 0 Å². The summed E-state index contributed by atoms with van der Waals surface area (Å²) in [7, 11) is 0.